The van der Waals surface area contributed by atoms with Crippen molar-refractivity contribution in [2.24, 2.45) is 5.92 Å². The maximum Gasteiger partial charge on any atom is 0.225 e. The number of piperazine rings is 1. The van der Waals surface area contributed by atoms with E-state index in [1.807, 2.05) is 67.3 Å². The van der Waals surface area contributed by atoms with E-state index < -0.39 is 0 Å². The first-order valence-electron chi connectivity index (χ1n) is 11.1. The minimum absolute atomic E-state index is 0.0194. The van der Waals surface area contributed by atoms with Crippen LogP contribution in [0.3, 0.4) is 0 Å². The molecule has 0 N–H and O–H groups in total. The Balaban J connectivity index is 1.69. The summed E-state index contributed by atoms with van der Waals surface area (Å²) in [5.74, 6) is 1.92. The molecule has 2 aromatic carbocycles. The van der Waals surface area contributed by atoms with Crippen LogP contribution in [0, 0.1) is 12.8 Å². The fourth-order valence-electron chi connectivity index (χ4n) is 4.12. The molecule has 1 aliphatic heterocycles. The van der Waals surface area contributed by atoms with Crippen LogP contribution in [0.25, 0.3) is 11.4 Å². The van der Waals surface area contributed by atoms with Gasteiger partial charge in [-0.05, 0) is 24.6 Å². The third-order valence-electron chi connectivity index (χ3n) is 5.88. The SMILES string of the molecule is Cc1nc(-c2ccccc2)nc(N2CCN(C(=O)C(C)C)CC2)c1Cc1cccc(Cl)c1. The fraction of sp³-hybridized carbons (Fsp3) is 0.346. The number of rotatable bonds is 5. The standard InChI is InChI=1S/C26H29ClN4O/c1-18(2)26(32)31-14-12-30(13-15-31)25-23(17-20-8-7-11-22(27)16-20)19(3)28-24(29-25)21-9-5-4-6-10-21/h4-11,16,18H,12-15,17H2,1-3H3. The summed E-state index contributed by atoms with van der Waals surface area (Å²) in [7, 11) is 0. The molecule has 1 fully saturated rings. The summed E-state index contributed by atoms with van der Waals surface area (Å²) >= 11 is 6.24. The largest absolute Gasteiger partial charge is 0.353 e. The van der Waals surface area contributed by atoms with Gasteiger partial charge in [0, 0.05) is 60.4 Å². The van der Waals surface area contributed by atoms with Gasteiger partial charge >= 0.3 is 0 Å². The van der Waals surface area contributed by atoms with Gasteiger partial charge in [0.15, 0.2) is 5.82 Å². The lowest BCUT2D eigenvalue weighted by Crippen LogP contribution is -2.50. The lowest BCUT2D eigenvalue weighted by molar-refractivity contribution is -0.134. The first-order valence-corrected chi connectivity index (χ1v) is 11.5. The van der Waals surface area contributed by atoms with Crippen molar-refractivity contribution in [2.75, 3.05) is 31.1 Å². The molecule has 3 aromatic rings. The molecule has 0 atom stereocenters. The summed E-state index contributed by atoms with van der Waals surface area (Å²) in [4.78, 5) is 26.6. The Morgan fingerprint density at radius 2 is 1.72 bits per heavy atom. The number of hydrogen-bond donors (Lipinski definition) is 0. The van der Waals surface area contributed by atoms with Gasteiger partial charge in [-0.15, -0.1) is 0 Å². The molecule has 0 unspecified atom stereocenters. The van der Waals surface area contributed by atoms with Gasteiger partial charge < -0.3 is 9.80 Å². The Morgan fingerprint density at radius 1 is 1.00 bits per heavy atom. The summed E-state index contributed by atoms with van der Waals surface area (Å²) in [5.41, 5.74) is 4.21. The van der Waals surface area contributed by atoms with Crippen molar-refractivity contribution in [2.45, 2.75) is 27.2 Å². The smallest absolute Gasteiger partial charge is 0.225 e. The average Bonchev–Trinajstić information content (AvgIpc) is 2.80. The maximum atomic E-state index is 12.4. The van der Waals surface area contributed by atoms with E-state index in [1.54, 1.807) is 0 Å². The molecule has 6 heteroatoms. The molecule has 0 bridgehead atoms. The fourth-order valence-corrected chi connectivity index (χ4v) is 4.33. The zero-order valence-electron chi connectivity index (χ0n) is 18.9. The van der Waals surface area contributed by atoms with E-state index in [4.69, 9.17) is 21.6 Å². The Kier molecular flexibility index (Phi) is 6.75. The molecule has 0 spiro atoms. The summed E-state index contributed by atoms with van der Waals surface area (Å²) in [6.07, 6.45) is 0.710. The summed E-state index contributed by atoms with van der Waals surface area (Å²) < 4.78 is 0. The van der Waals surface area contributed by atoms with Crippen LogP contribution in [0.5, 0.6) is 0 Å². The van der Waals surface area contributed by atoms with Gasteiger partial charge in [-0.1, -0.05) is 67.9 Å². The Morgan fingerprint density at radius 3 is 2.38 bits per heavy atom. The highest BCUT2D eigenvalue weighted by molar-refractivity contribution is 6.30. The second-order valence-electron chi connectivity index (χ2n) is 8.57. The predicted molar refractivity (Wildman–Crippen MR) is 130 cm³/mol. The van der Waals surface area contributed by atoms with Crippen molar-refractivity contribution < 1.29 is 4.79 Å². The molecule has 1 aromatic heterocycles. The molecule has 1 saturated heterocycles. The van der Waals surface area contributed by atoms with E-state index in [0.717, 1.165) is 52.1 Å². The van der Waals surface area contributed by atoms with Gasteiger partial charge in [-0.3, -0.25) is 4.79 Å². The van der Waals surface area contributed by atoms with E-state index in [0.29, 0.717) is 19.5 Å². The zero-order valence-corrected chi connectivity index (χ0v) is 19.6. The van der Waals surface area contributed by atoms with E-state index >= 15 is 0 Å². The predicted octanol–water partition coefficient (Wildman–Crippen LogP) is 5.00. The van der Waals surface area contributed by atoms with Crippen LogP contribution in [0.4, 0.5) is 5.82 Å². The topological polar surface area (TPSA) is 49.3 Å². The highest BCUT2D eigenvalue weighted by Crippen LogP contribution is 2.29. The van der Waals surface area contributed by atoms with Crippen LogP contribution in [-0.4, -0.2) is 47.0 Å². The van der Waals surface area contributed by atoms with Crippen molar-refractivity contribution in [3.8, 4) is 11.4 Å². The number of amides is 1. The third kappa shape index (κ3) is 4.94. The van der Waals surface area contributed by atoms with Crippen molar-refractivity contribution >= 4 is 23.3 Å². The molecular weight excluding hydrogens is 420 g/mol. The molecule has 0 aliphatic carbocycles. The zero-order chi connectivity index (χ0) is 22.7. The number of aryl methyl sites for hydroxylation is 1. The van der Waals surface area contributed by atoms with E-state index in [2.05, 4.69) is 17.9 Å². The molecule has 32 heavy (non-hydrogen) atoms. The molecule has 1 aliphatic rings. The quantitative estimate of drug-likeness (QED) is 0.551. The number of nitrogens with zero attached hydrogens (tertiary/aromatic N) is 4. The van der Waals surface area contributed by atoms with Gasteiger partial charge in [-0.2, -0.15) is 0 Å². The number of halogens is 1. The van der Waals surface area contributed by atoms with Crippen molar-refractivity contribution in [3.63, 3.8) is 0 Å². The monoisotopic (exact) mass is 448 g/mol. The molecule has 5 nitrogen and oxygen atoms in total. The van der Waals surface area contributed by atoms with Crippen LogP contribution in [0.1, 0.15) is 30.7 Å². The highest BCUT2D eigenvalue weighted by atomic mass is 35.5. The van der Waals surface area contributed by atoms with Gasteiger partial charge in [0.2, 0.25) is 5.91 Å². The van der Waals surface area contributed by atoms with Crippen molar-refractivity contribution in [3.05, 3.63) is 76.4 Å². The molecule has 1 amide bonds. The minimum atomic E-state index is 0.0194. The Labute approximate surface area is 195 Å². The lowest BCUT2D eigenvalue weighted by Gasteiger charge is -2.37. The molecular formula is C26H29ClN4O. The molecule has 0 radical (unpaired) electrons. The van der Waals surface area contributed by atoms with Gasteiger partial charge in [0.05, 0.1) is 0 Å². The van der Waals surface area contributed by atoms with Crippen LogP contribution < -0.4 is 4.90 Å². The minimum Gasteiger partial charge on any atom is -0.353 e. The Bertz CT molecular complexity index is 1090. The number of carbonyl (C=O) groups is 1. The third-order valence-corrected chi connectivity index (χ3v) is 6.11. The second-order valence-corrected chi connectivity index (χ2v) is 9.01. The van der Waals surface area contributed by atoms with Crippen LogP contribution in [-0.2, 0) is 11.2 Å². The number of carbonyl (C=O) groups excluding carboxylic acids is 1. The van der Waals surface area contributed by atoms with Crippen molar-refractivity contribution in [1.82, 2.24) is 14.9 Å². The maximum absolute atomic E-state index is 12.4. The summed E-state index contributed by atoms with van der Waals surface area (Å²) in [6, 6.07) is 18.0. The molecule has 166 valence electrons. The van der Waals surface area contributed by atoms with E-state index in [-0.39, 0.29) is 11.8 Å². The van der Waals surface area contributed by atoms with Gasteiger partial charge in [0.25, 0.3) is 0 Å². The normalized spacial score (nSPS) is 14.2. The second kappa shape index (κ2) is 9.70. The molecule has 2 heterocycles. The molecule has 0 saturated carbocycles. The van der Waals surface area contributed by atoms with Gasteiger partial charge in [-0.25, -0.2) is 9.97 Å². The first-order chi connectivity index (χ1) is 15.4. The van der Waals surface area contributed by atoms with Crippen LogP contribution >= 0.6 is 11.6 Å². The highest BCUT2D eigenvalue weighted by Gasteiger charge is 2.26. The number of hydrogen-bond acceptors (Lipinski definition) is 4. The summed E-state index contributed by atoms with van der Waals surface area (Å²) in [5, 5.41) is 0.726. The van der Waals surface area contributed by atoms with Crippen LogP contribution in [0.15, 0.2) is 54.6 Å². The first kappa shape index (κ1) is 22.3. The number of aromatic nitrogens is 2. The Hall–Kier alpha value is -2.92. The van der Waals surface area contributed by atoms with Gasteiger partial charge in [0.1, 0.15) is 5.82 Å². The van der Waals surface area contributed by atoms with E-state index in [9.17, 15) is 4.79 Å². The van der Waals surface area contributed by atoms with Crippen molar-refractivity contribution in [1.29, 1.82) is 0 Å². The lowest BCUT2D eigenvalue weighted by atomic mass is 10.0. The summed E-state index contributed by atoms with van der Waals surface area (Å²) in [6.45, 7) is 8.89. The molecule has 4 rings (SSSR count). The van der Waals surface area contributed by atoms with E-state index in [1.165, 1.54) is 0 Å². The van der Waals surface area contributed by atoms with Crippen LogP contribution in [0.2, 0.25) is 5.02 Å². The number of anilines is 1. The average molecular weight is 449 g/mol. The number of benzene rings is 2.